The molecule has 1 aliphatic rings. The highest BCUT2D eigenvalue weighted by atomic mass is 35.5. The van der Waals surface area contributed by atoms with Crippen LogP contribution in [0.4, 0.5) is 0 Å². The number of benzene rings is 2. The number of ether oxygens (including phenoxy) is 3. The molecule has 8 nitrogen and oxygen atoms in total. The number of hydrogen-bond donors (Lipinski definition) is 1. The molecule has 2 aromatic carbocycles. The summed E-state index contributed by atoms with van der Waals surface area (Å²) in [6, 6.07) is 9.08. The quantitative estimate of drug-likeness (QED) is 0.313. The second kappa shape index (κ2) is 11.0. The number of rotatable bonds is 9. The molecule has 0 spiro atoms. The maximum Gasteiger partial charge on any atom is 0.295 e. The molecule has 1 N–H and O–H groups in total. The van der Waals surface area contributed by atoms with E-state index in [-0.39, 0.29) is 29.5 Å². The van der Waals surface area contributed by atoms with Crippen molar-refractivity contribution in [2.24, 2.45) is 0 Å². The second-order valence-corrected chi connectivity index (χ2v) is 9.15. The fourth-order valence-electron chi connectivity index (χ4n) is 3.98. The number of likely N-dealkylation sites (tertiary alicyclic amines) is 1. The summed E-state index contributed by atoms with van der Waals surface area (Å²) in [5.41, 5.74) is 0.773. The number of amides is 1. The van der Waals surface area contributed by atoms with Crippen molar-refractivity contribution in [3.05, 3.63) is 58.1 Å². The topological polar surface area (TPSA) is 88.5 Å². The van der Waals surface area contributed by atoms with Gasteiger partial charge in [0.05, 0.1) is 37.5 Å². The molecule has 0 saturated carbocycles. The number of halogens is 1. The van der Waals surface area contributed by atoms with Crippen molar-refractivity contribution in [2.75, 3.05) is 41.4 Å². The summed E-state index contributed by atoms with van der Waals surface area (Å²) >= 11 is 6.17. The zero-order valence-electron chi connectivity index (χ0n) is 20.8. The molecule has 1 heterocycles. The van der Waals surface area contributed by atoms with Gasteiger partial charge in [0.2, 0.25) is 0 Å². The lowest BCUT2D eigenvalue weighted by Crippen LogP contribution is -2.35. The van der Waals surface area contributed by atoms with Gasteiger partial charge in [0.15, 0.2) is 11.5 Å². The molecule has 9 heteroatoms. The van der Waals surface area contributed by atoms with Crippen LogP contribution in [0.15, 0.2) is 42.0 Å². The Morgan fingerprint density at radius 1 is 1.06 bits per heavy atom. The van der Waals surface area contributed by atoms with Gasteiger partial charge in [-0.1, -0.05) is 17.7 Å². The molecule has 35 heavy (non-hydrogen) atoms. The standard InChI is InChI=1S/C26H31ClN2O6/c1-15(2)35-20-9-7-16(13-21(20)34-6)23-22(25(31)26(32)29(23)12-11-28(3)4)24(30)18-14-17(27)8-10-19(18)33-5/h7-10,13-15,23,30H,11-12H2,1-6H3/b24-22+. The third kappa shape index (κ3) is 5.55. The Balaban J connectivity index is 2.23. The predicted molar refractivity (Wildman–Crippen MR) is 134 cm³/mol. The van der Waals surface area contributed by atoms with Crippen molar-refractivity contribution in [3.8, 4) is 17.2 Å². The summed E-state index contributed by atoms with van der Waals surface area (Å²) in [5.74, 6) is -0.525. The Labute approximate surface area is 210 Å². The number of methoxy groups -OCH3 is 2. The Hall–Kier alpha value is -3.23. The van der Waals surface area contributed by atoms with Crippen LogP contribution in [-0.4, -0.2) is 74.1 Å². The minimum absolute atomic E-state index is 0.0473. The molecule has 1 fully saturated rings. The van der Waals surface area contributed by atoms with Gasteiger partial charge < -0.3 is 29.1 Å². The summed E-state index contributed by atoms with van der Waals surface area (Å²) in [5, 5.41) is 11.7. The van der Waals surface area contributed by atoms with E-state index in [4.69, 9.17) is 25.8 Å². The predicted octanol–water partition coefficient (Wildman–Crippen LogP) is 4.13. The van der Waals surface area contributed by atoms with Crippen LogP contribution in [0.1, 0.15) is 31.0 Å². The third-order valence-corrected chi connectivity index (χ3v) is 5.85. The lowest BCUT2D eigenvalue weighted by Gasteiger charge is -2.27. The van der Waals surface area contributed by atoms with Crippen molar-refractivity contribution in [2.45, 2.75) is 26.0 Å². The van der Waals surface area contributed by atoms with Gasteiger partial charge in [-0.05, 0) is 63.8 Å². The Bertz CT molecular complexity index is 1140. The molecule has 0 bridgehead atoms. The summed E-state index contributed by atoms with van der Waals surface area (Å²) in [4.78, 5) is 29.8. The molecular weight excluding hydrogens is 472 g/mol. The van der Waals surface area contributed by atoms with E-state index in [1.807, 2.05) is 32.8 Å². The highest BCUT2D eigenvalue weighted by Gasteiger charge is 2.46. The number of ketones is 1. The monoisotopic (exact) mass is 502 g/mol. The number of nitrogens with zero attached hydrogens (tertiary/aromatic N) is 2. The number of likely N-dealkylation sites (N-methyl/N-ethyl adjacent to an activating group) is 1. The molecule has 1 saturated heterocycles. The van der Waals surface area contributed by atoms with Gasteiger partial charge >= 0.3 is 0 Å². The first kappa shape index (κ1) is 26.4. The van der Waals surface area contributed by atoms with Gasteiger partial charge in [-0.3, -0.25) is 9.59 Å². The van der Waals surface area contributed by atoms with Gasteiger partial charge in [-0.25, -0.2) is 0 Å². The van der Waals surface area contributed by atoms with Crippen molar-refractivity contribution in [1.29, 1.82) is 0 Å². The first-order valence-corrected chi connectivity index (χ1v) is 11.6. The number of aliphatic hydroxyl groups is 1. The first-order chi connectivity index (χ1) is 16.6. The molecule has 1 unspecified atom stereocenters. The largest absolute Gasteiger partial charge is 0.507 e. The Morgan fingerprint density at radius 3 is 2.31 bits per heavy atom. The number of Topliss-reactive ketones (excluding diaryl/α,β-unsaturated/α-hetero) is 1. The number of carbonyl (C=O) groups excluding carboxylic acids is 2. The molecule has 0 radical (unpaired) electrons. The fraction of sp³-hybridized carbons (Fsp3) is 0.385. The van der Waals surface area contributed by atoms with E-state index in [0.717, 1.165) is 0 Å². The summed E-state index contributed by atoms with van der Waals surface area (Å²) < 4.78 is 16.7. The van der Waals surface area contributed by atoms with Crippen LogP contribution in [0, 0.1) is 0 Å². The van der Waals surface area contributed by atoms with E-state index in [9.17, 15) is 14.7 Å². The summed E-state index contributed by atoms with van der Waals surface area (Å²) in [6.45, 7) is 4.61. The molecule has 0 aliphatic carbocycles. The molecular formula is C26H31ClN2O6. The number of hydrogen-bond acceptors (Lipinski definition) is 7. The second-order valence-electron chi connectivity index (χ2n) is 8.72. The van der Waals surface area contributed by atoms with Crippen LogP contribution in [0.25, 0.3) is 5.76 Å². The van der Waals surface area contributed by atoms with Crippen LogP contribution >= 0.6 is 11.6 Å². The minimum Gasteiger partial charge on any atom is -0.507 e. The van der Waals surface area contributed by atoms with Crippen LogP contribution in [0.2, 0.25) is 5.02 Å². The number of aliphatic hydroxyl groups excluding tert-OH is 1. The smallest absolute Gasteiger partial charge is 0.295 e. The normalized spacial score (nSPS) is 17.4. The molecule has 188 valence electrons. The maximum absolute atomic E-state index is 13.3. The summed E-state index contributed by atoms with van der Waals surface area (Å²) in [6.07, 6.45) is -0.0734. The summed E-state index contributed by atoms with van der Waals surface area (Å²) in [7, 11) is 6.73. The molecule has 1 aliphatic heterocycles. The fourth-order valence-corrected chi connectivity index (χ4v) is 4.15. The van der Waals surface area contributed by atoms with Gasteiger partial charge in [0.25, 0.3) is 11.7 Å². The average Bonchev–Trinajstić information content (AvgIpc) is 3.06. The lowest BCUT2D eigenvalue weighted by atomic mass is 9.94. The van der Waals surface area contributed by atoms with Gasteiger partial charge in [0.1, 0.15) is 11.5 Å². The molecule has 2 aromatic rings. The van der Waals surface area contributed by atoms with Gasteiger partial charge in [-0.15, -0.1) is 0 Å². The van der Waals surface area contributed by atoms with Crippen LogP contribution in [-0.2, 0) is 9.59 Å². The van der Waals surface area contributed by atoms with Crippen molar-refractivity contribution in [3.63, 3.8) is 0 Å². The maximum atomic E-state index is 13.3. The Kier molecular flexibility index (Phi) is 8.30. The van der Waals surface area contributed by atoms with Crippen molar-refractivity contribution < 1.29 is 28.9 Å². The van der Waals surface area contributed by atoms with E-state index < -0.39 is 17.7 Å². The zero-order chi connectivity index (χ0) is 25.9. The molecule has 0 aromatic heterocycles. The zero-order valence-corrected chi connectivity index (χ0v) is 21.5. The van der Waals surface area contributed by atoms with E-state index in [2.05, 4.69) is 0 Å². The molecule has 3 rings (SSSR count). The third-order valence-electron chi connectivity index (χ3n) is 5.61. The highest BCUT2D eigenvalue weighted by Crippen LogP contribution is 2.43. The minimum atomic E-state index is -0.847. The van der Waals surface area contributed by atoms with E-state index >= 15 is 0 Å². The van der Waals surface area contributed by atoms with Gasteiger partial charge in [0, 0.05) is 18.1 Å². The van der Waals surface area contributed by atoms with Crippen molar-refractivity contribution >= 4 is 29.1 Å². The van der Waals surface area contributed by atoms with E-state index in [1.54, 1.807) is 30.3 Å². The average molecular weight is 503 g/mol. The van der Waals surface area contributed by atoms with Gasteiger partial charge in [-0.2, -0.15) is 0 Å². The van der Waals surface area contributed by atoms with Crippen LogP contribution in [0.5, 0.6) is 17.2 Å². The van der Waals surface area contributed by atoms with Crippen LogP contribution < -0.4 is 14.2 Å². The van der Waals surface area contributed by atoms with E-state index in [1.165, 1.54) is 25.2 Å². The molecule has 1 atom stereocenters. The van der Waals surface area contributed by atoms with Crippen LogP contribution in [0.3, 0.4) is 0 Å². The number of carbonyl (C=O) groups is 2. The SMILES string of the molecule is COc1cc(C2/C(=C(\O)c3cc(Cl)ccc3OC)C(=O)C(=O)N2CCN(C)C)ccc1OC(C)C. The first-order valence-electron chi connectivity index (χ1n) is 11.2. The Morgan fingerprint density at radius 2 is 1.71 bits per heavy atom. The molecule has 1 amide bonds. The van der Waals surface area contributed by atoms with E-state index in [0.29, 0.717) is 34.4 Å². The van der Waals surface area contributed by atoms with Crippen molar-refractivity contribution in [1.82, 2.24) is 9.80 Å². The lowest BCUT2D eigenvalue weighted by molar-refractivity contribution is -0.140. The highest BCUT2D eigenvalue weighted by molar-refractivity contribution is 6.46.